The van der Waals surface area contributed by atoms with Crippen molar-refractivity contribution in [3.05, 3.63) is 88.3 Å². The van der Waals surface area contributed by atoms with Crippen LogP contribution in [0.1, 0.15) is 55.0 Å². The third-order valence-electron chi connectivity index (χ3n) is 6.69. The predicted octanol–water partition coefficient (Wildman–Crippen LogP) is 5.60. The number of allylic oxidation sites excluding steroid dienone is 1. The fourth-order valence-corrected chi connectivity index (χ4v) is 5.09. The molecule has 168 valence electrons. The maximum atomic E-state index is 13.1. The highest BCUT2D eigenvalue weighted by Crippen LogP contribution is 2.46. The molecule has 2 aromatic carbocycles. The summed E-state index contributed by atoms with van der Waals surface area (Å²) in [5.41, 5.74) is 15.3. The number of rotatable bonds is 4. The van der Waals surface area contributed by atoms with Gasteiger partial charge in [0.05, 0.1) is 12.2 Å². The summed E-state index contributed by atoms with van der Waals surface area (Å²) in [6.07, 6.45) is 4.11. The summed E-state index contributed by atoms with van der Waals surface area (Å²) in [7, 11) is 0. The van der Waals surface area contributed by atoms with E-state index in [-0.39, 0.29) is 11.9 Å². The van der Waals surface area contributed by atoms with Crippen molar-refractivity contribution < 1.29 is 9.53 Å². The zero-order valence-corrected chi connectivity index (χ0v) is 19.2. The van der Waals surface area contributed by atoms with E-state index in [4.69, 9.17) is 15.5 Å². The monoisotopic (exact) mass is 439 g/mol. The number of nitrogens with two attached hydrogens (primary N) is 1. The fraction of sp³-hybridized carbons (Fsp3) is 0.286. The van der Waals surface area contributed by atoms with Gasteiger partial charge >= 0.3 is 5.97 Å². The molecular formula is C28H29N3O2. The number of esters is 1. The molecule has 1 aliphatic carbocycles. The first-order valence-electron chi connectivity index (χ1n) is 11.7. The molecule has 1 aliphatic heterocycles. The SMILES string of the molecule is CCOC(=O)C1=C(C)Nc2nc3c(c(N)c2[C@@H]1c1ccc(-c2ccccc2)cc1)CCCC3. The van der Waals surface area contributed by atoms with Gasteiger partial charge in [-0.2, -0.15) is 0 Å². The number of pyridine rings is 1. The average Bonchev–Trinajstić information content (AvgIpc) is 2.84. The van der Waals surface area contributed by atoms with Gasteiger partial charge in [0.25, 0.3) is 0 Å². The molecule has 0 spiro atoms. The molecule has 0 bridgehead atoms. The highest BCUT2D eigenvalue weighted by molar-refractivity contribution is 5.95. The molecule has 5 heteroatoms. The lowest BCUT2D eigenvalue weighted by atomic mass is 9.79. The number of aryl methyl sites for hydroxylation is 1. The number of benzene rings is 2. The summed E-state index contributed by atoms with van der Waals surface area (Å²) < 4.78 is 5.47. The highest BCUT2D eigenvalue weighted by atomic mass is 16.5. The Kier molecular flexibility index (Phi) is 5.63. The lowest BCUT2D eigenvalue weighted by Crippen LogP contribution is -2.27. The van der Waals surface area contributed by atoms with Crippen molar-refractivity contribution >= 4 is 17.5 Å². The van der Waals surface area contributed by atoms with E-state index < -0.39 is 0 Å². The van der Waals surface area contributed by atoms with Crippen LogP contribution in [0.5, 0.6) is 0 Å². The fourth-order valence-electron chi connectivity index (χ4n) is 5.09. The first kappa shape index (κ1) is 21.3. The summed E-state index contributed by atoms with van der Waals surface area (Å²) in [6.45, 7) is 4.06. The third kappa shape index (κ3) is 3.78. The van der Waals surface area contributed by atoms with Crippen molar-refractivity contribution in [1.29, 1.82) is 0 Å². The lowest BCUT2D eigenvalue weighted by Gasteiger charge is -2.33. The van der Waals surface area contributed by atoms with Gasteiger partial charge in [-0.15, -0.1) is 0 Å². The Hall–Kier alpha value is -3.60. The second kappa shape index (κ2) is 8.74. The van der Waals surface area contributed by atoms with Crippen molar-refractivity contribution in [2.24, 2.45) is 0 Å². The summed E-state index contributed by atoms with van der Waals surface area (Å²) in [6, 6.07) is 18.7. The number of nitrogen functional groups attached to an aromatic ring is 1. The number of nitrogens with one attached hydrogen (secondary N) is 1. The van der Waals surface area contributed by atoms with Gasteiger partial charge in [-0.05, 0) is 61.8 Å². The summed E-state index contributed by atoms with van der Waals surface area (Å²) >= 11 is 0. The van der Waals surface area contributed by atoms with E-state index in [9.17, 15) is 4.79 Å². The van der Waals surface area contributed by atoms with Gasteiger partial charge in [0.15, 0.2) is 0 Å². The molecule has 3 aromatic rings. The average molecular weight is 440 g/mol. The number of fused-ring (bicyclic) bond motifs is 2. The lowest BCUT2D eigenvalue weighted by molar-refractivity contribution is -0.138. The van der Waals surface area contributed by atoms with Gasteiger partial charge in [0, 0.05) is 28.6 Å². The molecular weight excluding hydrogens is 410 g/mol. The van der Waals surface area contributed by atoms with Crippen molar-refractivity contribution in [3.63, 3.8) is 0 Å². The van der Waals surface area contributed by atoms with Gasteiger partial charge in [-0.1, -0.05) is 54.6 Å². The Morgan fingerprint density at radius 2 is 1.76 bits per heavy atom. The summed E-state index contributed by atoms with van der Waals surface area (Å²) in [4.78, 5) is 18.1. The second-order valence-electron chi connectivity index (χ2n) is 8.73. The minimum absolute atomic E-state index is 0.317. The van der Waals surface area contributed by atoms with Crippen LogP contribution in [0.4, 0.5) is 11.5 Å². The van der Waals surface area contributed by atoms with E-state index in [1.54, 1.807) is 0 Å². The molecule has 2 aliphatic rings. The Balaban J connectivity index is 1.66. The minimum Gasteiger partial charge on any atom is -0.463 e. The predicted molar refractivity (Wildman–Crippen MR) is 132 cm³/mol. The molecule has 0 unspecified atom stereocenters. The second-order valence-corrected chi connectivity index (χ2v) is 8.73. The quantitative estimate of drug-likeness (QED) is 0.517. The maximum absolute atomic E-state index is 13.1. The third-order valence-corrected chi connectivity index (χ3v) is 6.69. The number of hydrogen-bond donors (Lipinski definition) is 2. The molecule has 0 saturated carbocycles. The van der Waals surface area contributed by atoms with E-state index in [2.05, 4.69) is 41.7 Å². The number of carbonyl (C=O) groups excluding carboxylic acids is 1. The summed E-state index contributed by atoms with van der Waals surface area (Å²) in [5, 5.41) is 3.36. The van der Waals surface area contributed by atoms with E-state index in [1.165, 1.54) is 0 Å². The topological polar surface area (TPSA) is 77.2 Å². The van der Waals surface area contributed by atoms with Crippen LogP contribution in [0.2, 0.25) is 0 Å². The first-order valence-corrected chi connectivity index (χ1v) is 11.7. The Morgan fingerprint density at radius 1 is 1.06 bits per heavy atom. The van der Waals surface area contributed by atoms with Crippen LogP contribution in [0.3, 0.4) is 0 Å². The number of hydrogen-bond acceptors (Lipinski definition) is 5. The van der Waals surface area contributed by atoms with Gasteiger partial charge < -0.3 is 15.8 Å². The molecule has 33 heavy (non-hydrogen) atoms. The van der Waals surface area contributed by atoms with E-state index in [0.29, 0.717) is 12.2 Å². The van der Waals surface area contributed by atoms with Gasteiger partial charge in [0.2, 0.25) is 0 Å². The van der Waals surface area contributed by atoms with Crippen molar-refractivity contribution in [2.45, 2.75) is 45.4 Å². The zero-order chi connectivity index (χ0) is 22.9. The highest BCUT2D eigenvalue weighted by Gasteiger charge is 2.37. The van der Waals surface area contributed by atoms with E-state index >= 15 is 0 Å². The van der Waals surface area contributed by atoms with Crippen LogP contribution in [-0.4, -0.2) is 17.6 Å². The molecule has 0 saturated heterocycles. The van der Waals surface area contributed by atoms with Crippen LogP contribution in [0, 0.1) is 0 Å². The van der Waals surface area contributed by atoms with Crippen LogP contribution in [-0.2, 0) is 22.4 Å². The largest absolute Gasteiger partial charge is 0.463 e. The van der Waals surface area contributed by atoms with Crippen LogP contribution in [0.15, 0.2) is 65.9 Å². The van der Waals surface area contributed by atoms with Gasteiger partial charge in [-0.25, -0.2) is 9.78 Å². The molecule has 1 aromatic heterocycles. The minimum atomic E-state index is -0.329. The number of ether oxygens (including phenoxy) is 1. The number of aromatic nitrogens is 1. The number of anilines is 2. The van der Waals surface area contributed by atoms with Crippen LogP contribution in [0.25, 0.3) is 11.1 Å². The Bertz CT molecular complexity index is 1230. The molecule has 0 amide bonds. The van der Waals surface area contributed by atoms with Crippen LogP contribution < -0.4 is 11.1 Å². The Morgan fingerprint density at radius 3 is 2.48 bits per heavy atom. The molecule has 2 heterocycles. The summed E-state index contributed by atoms with van der Waals surface area (Å²) in [5.74, 6) is 0.114. The molecule has 1 atom stereocenters. The van der Waals surface area contributed by atoms with Crippen molar-refractivity contribution in [1.82, 2.24) is 4.98 Å². The first-order chi connectivity index (χ1) is 16.1. The zero-order valence-electron chi connectivity index (χ0n) is 19.2. The number of carbonyl (C=O) groups is 1. The number of nitrogens with zero attached hydrogens (tertiary/aromatic N) is 1. The van der Waals surface area contributed by atoms with Crippen LogP contribution >= 0.6 is 0 Å². The van der Waals surface area contributed by atoms with Gasteiger partial charge in [0.1, 0.15) is 5.82 Å². The smallest absolute Gasteiger partial charge is 0.336 e. The molecule has 3 N–H and O–H groups in total. The molecule has 0 fully saturated rings. The molecule has 5 rings (SSSR count). The molecule has 0 radical (unpaired) electrons. The van der Waals surface area contributed by atoms with Crippen molar-refractivity contribution in [2.75, 3.05) is 17.7 Å². The van der Waals surface area contributed by atoms with Crippen molar-refractivity contribution in [3.8, 4) is 11.1 Å². The maximum Gasteiger partial charge on any atom is 0.336 e. The molecule has 5 nitrogen and oxygen atoms in total. The van der Waals surface area contributed by atoms with E-state index in [1.807, 2.05) is 32.0 Å². The van der Waals surface area contributed by atoms with Gasteiger partial charge in [-0.3, -0.25) is 0 Å². The van der Waals surface area contributed by atoms with E-state index in [0.717, 1.165) is 76.4 Å². The standard InChI is InChI=1S/C28H29N3O2/c1-3-33-28(32)23-17(2)30-27-25(26(29)21-11-7-8-12-22(21)31-27)24(23)20-15-13-19(14-16-20)18-9-5-4-6-10-18/h4-6,9-10,13-16,24H,3,7-8,11-12H2,1-2H3,(H3,29,30,31)/t24-/m1/s1. The normalized spacial score (nSPS) is 17.1. The Labute approximate surface area is 194 Å².